The first kappa shape index (κ1) is 24.7. The molecule has 3 atom stereocenters. The van der Waals surface area contributed by atoms with Crippen LogP contribution in [0.4, 0.5) is 4.79 Å². The highest BCUT2D eigenvalue weighted by Crippen LogP contribution is 2.19. The average Bonchev–Trinajstić information content (AvgIpc) is 2.76. The van der Waals surface area contributed by atoms with Crippen LogP contribution in [0.2, 0.25) is 0 Å². The zero-order valence-electron chi connectivity index (χ0n) is 18.4. The van der Waals surface area contributed by atoms with Gasteiger partial charge in [0.1, 0.15) is 17.6 Å². The summed E-state index contributed by atoms with van der Waals surface area (Å²) in [5, 5.41) is 12.0. The summed E-state index contributed by atoms with van der Waals surface area (Å²) in [5.41, 5.74) is 0.376. The van der Waals surface area contributed by atoms with Crippen molar-refractivity contribution in [1.29, 1.82) is 0 Å². The minimum atomic E-state index is -1.14. The molecule has 3 unspecified atom stereocenters. The van der Waals surface area contributed by atoms with Gasteiger partial charge in [0.05, 0.1) is 0 Å². The normalized spacial score (nSPS) is 13.3. The lowest BCUT2D eigenvalue weighted by atomic mass is 10.0. The van der Waals surface area contributed by atoms with Gasteiger partial charge < -0.3 is 19.3 Å². The van der Waals surface area contributed by atoms with Crippen molar-refractivity contribution in [1.82, 2.24) is 5.32 Å². The Hall–Kier alpha value is -3.55. The SMILES string of the molecule is CCC(C)OC(=O)NC(C)Oc1cccc(C(=O)CCC(Oc2ccccc2)C(=O)O)c1. The van der Waals surface area contributed by atoms with Crippen molar-refractivity contribution in [3.63, 3.8) is 0 Å². The Balaban J connectivity index is 1.91. The van der Waals surface area contributed by atoms with Crippen molar-refractivity contribution in [2.75, 3.05) is 0 Å². The molecule has 2 aromatic carbocycles. The van der Waals surface area contributed by atoms with E-state index >= 15 is 0 Å². The predicted octanol–water partition coefficient (Wildman–Crippen LogP) is 4.43. The first-order valence-corrected chi connectivity index (χ1v) is 10.5. The molecule has 0 aromatic heterocycles. The van der Waals surface area contributed by atoms with Gasteiger partial charge in [0, 0.05) is 18.4 Å². The fourth-order valence-corrected chi connectivity index (χ4v) is 2.75. The van der Waals surface area contributed by atoms with E-state index in [1.165, 1.54) is 0 Å². The maximum atomic E-state index is 12.6. The number of para-hydroxylation sites is 1. The monoisotopic (exact) mass is 443 g/mol. The van der Waals surface area contributed by atoms with Crippen LogP contribution in [0.1, 0.15) is 50.4 Å². The molecule has 1 amide bonds. The van der Waals surface area contributed by atoms with Gasteiger partial charge in [0.15, 0.2) is 18.1 Å². The number of carbonyl (C=O) groups excluding carboxylic acids is 2. The van der Waals surface area contributed by atoms with Gasteiger partial charge in [-0.1, -0.05) is 37.3 Å². The van der Waals surface area contributed by atoms with Crippen LogP contribution in [0.3, 0.4) is 0 Å². The largest absolute Gasteiger partial charge is 0.479 e. The number of hydrogen-bond donors (Lipinski definition) is 2. The number of benzene rings is 2. The molecule has 0 heterocycles. The zero-order chi connectivity index (χ0) is 23.5. The third-order valence-corrected chi connectivity index (χ3v) is 4.60. The number of rotatable bonds is 12. The van der Waals surface area contributed by atoms with E-state index in [0.717, 1.165) is 0 Å². The standard InChI is InChI=1S/C24H29NO7/c1-4-16(2)30-24(29)25-17(3)31-20-12-8-9-18(15-20)21(26)13-14-22(23(27)28)32-19-10-6-5-7-11-19/h5-12,15-17,22H,4,13-14H2,1-3H3,(H,25,29)(H,27,28). The number of Topliss-reactive ketones (excluding diaryl/α,β-unsaturated/α-hetero) is 1. The van der Waals surface area contributed by atoms with E-state index in [9.17, 15) is 19.5 Å². The molecule has 172 valence electrons. The van der Waals surface area contributed by atoms with Crippen molar-refractivity contribution in [2.24, 2.45) is 0 Å². The molecular weight excluding hydrogens is 414 g/mol. The molecule has 0 radical (unpaired) electrons. The summed E-state index contributed by atoms with van der Waals surface area (Å²) < 4.78 is 16.3. The second-order valence-corrected chi connectivity index (χ2v) is 7.28. The summed E-state index contributed by atoms with van der Waals surface area (Å²) in [6.45, 7) is 5.34. The summed E-state index contributed by atoms with van der Waals surface area (Å²) in [5.74, 6) is -0.559. The number of carboxylic acids is 1. The number of ketones is 1. The molecule has 0 saturated heterocycles. The molecule has 0 aliphatic heterocycles. The quantitative estimate of drug-likeness (QED) is 0.369. The summed E-state index contributed by atoms with van der Waals surface area (Å²) in [6, 6.07) is 15.1. The van der Waals surface area contributed by atoms with E-state index in [1.807, 2.05) is 6.92 Å². The fraction of sp³-hybridized carbons (Fsp3) is 0.375. The molecular formula is C24H29NO7. The molecule has 0 aliphatic rings. The van der Waals surface area contributed by atoms with Gasteiger partial charge in [-0.2, -0.15) is 0 Å². The third-order valence-electron chi connectivity index (χ3n) is 4.60. The lowest BCUT2D eigenvalue weighted by Crippen LogP contribution is -2.38. The van der Waals surface area contributed by atoms with Gasteiger partial charge in [0.25, 0.3) is 0 Å². The second kappa shape index (κ2) is 12.3. The Morgan fingerprint density at radius 2 is 1.66 bits per heavy atom. The Bertz CT molecular complexity index is 900. The lowest BCUT2D eigenvalue weighted by molar-refractivity contribution is -0.145. The number of hydrogen-bond acceptors (Lipinski definition) is 6. The van der Waals surface area contributed by atoms with Crippen molar-refractivity contribution >= 4 is 17.8 Å². The van der Waals surface area contributed by atoms with Gasteiger partial charge in [-0.15, -0.1) is 0 Å². The number of nitrogens with one attached hydrogen (secondary N) is 1. The van der Waals surface area contributed by atoms with Crippen LogP contribution in [-0.4, -0.2) is 41.4 Å². The summed E-state index contributed by atoms with van der Waals surface area (Å²) in [6.07, 6.45) is -1.89. The molecule has 2 rings (SSSR count). The number of carbonyl (C=O) groups is 3. The third kappa shape index (κ3) is 8.29. The summed E-state index contributed by atoms with van der Waals surface area (Å²) in [4.78, 5) is 35.9. The van der Waals surface area contributed by atoms with Crippen molar-refractivity contribution in [2.45, 2.75) is 58.5 Å². The molecule has 2 aromatic rings. The molecule has 0 spiro atoms. The van der Waals surface area contributed by atoms with E-state index in [0.29, 0.717) is 23.5 Å². The first-order chi connectivity index (χ1) is 15.3. The highest BCUT2D eigenvalue weighted by Gasteiger charge is 2.21. The molecule has 2 N–H and O–H groups in total. The molecule has 0 saturated carbocycles. The van der Waals surface area contributed by atoms with Crippen LogP contribution in [0.15, 0.2) is 54.6 Å². The maximum absolute atomic E-state index is 12.6. The highest BCUT2D eigenvalue weighted by atomic mass is 16.6. The van der Waals surface area contributed by atoms with Crippen LogP contribution in [-0.2, 0) is 9.53 Å². The van der Waals surface area contributed by atoms with Crippen LogP contribution < -0.4 is 14.8 Å². The van der Waals surface area contributed by atoms with Crippen molar-refractivity contribution in [3.05, 3.63) is 60.2 Å². The van der Waals surface area contributed by atoms with Crippen LogP contribution in [0.5, 0.6) is 11.5 Å². The molecule has 0 bridgehead atoms. The molecule has 8 heteroatoms. The number of ether oxygens (including phenoxy) is 3. The van der Waals surface area contributed by atoms with Crippen molar-refractivity contribution in [3.8, 4) is 11.5 Å². The van der Waals surface area contributed by atoms with Gasteiger partial charge in [-0.05, 0) is 44.5 Å². The first-order valence-electron chi connectivity index (χ1n) is 10.5. The highest BCUT2D eigenvalue weighted by molar-refractivity contribution is 5.96. The maximum Gasteiger partial charge on any atom is 0.410 e. The van der Waals surface area contributed by atoms with Crippen LogP contribution in [0.25, 0.3) is 0 Å². The fourth-order valence-electron chi connectivity index (χ4n) is 2.75. The van der Waals surface area contributed by atoms with Crippen LogP contribution >= 0.6 is 0 Å². The predicted molar refractivity (Wildman–Crippen MR) is 118 cm³/mol. The Kier molecular flexibility index (Phi) is 9.53. The number of alkyl carbamates (subject to hydrolysis) is 1. The zero-order valence-corrected chi connectivity index (χ0v) is 18.4. The Morgan fingerprint density at radius 3 is 2.31 bits per heavy atom. The number of amides is 1. The summed E-state index contributed by atoms with van der Waals surface area (Å²) in [7, 11) is 0. The molecule has 8 nitrogen and oxygen atoms in total. The number of carboxylic acid groups (broad SMARTS) is 1. The van der Waals surface area contributed by atoms with E-state index in [2.05, 4.69) is 5.32 Å². The van der Waals surface area contributed by atoms with Gasteiger partial charge in [-0.25, -0.2) is 9.59 Å². The lowest BCUT2D eigenvalue weighted by Gasteiger charge is -2.18. The van der Waals surface area contributed by atoms with Crippen molar-refractivity contribution < 1.29 is 33.7 Å². The van der Waals surface area contributed by atoms with E-state index in [4.69, 9.17) is 14.2 Å². The molecule has 0 aliphatic carbocycles. The van der Waals surface area contributed by atoms with Gasteiger partial charge >= 0.3 is 12.1 Å². The Labute approximate surface area is 187 Å². The molecule has 0 fully saturated rings. The van der Waals surface area contributed by atoms with E-state index < -0.39 is 24.4 Å². The number of aliphatic carboxylic acids is 1. The minimum absolute atomic E-state index is 0.0116. The minimum Gasteiger partial charge on any atom is -0.479 e. The van der Waals surface area contributed by atoms with Gasteiger partial charge in [0.2, 0.25) is 0 Å². The van der Waals surface area contributed by atoms with Gasteiger partial charge in [-0.3, -0.25) is 10.1 Å². The van der Waals surface area contributed by atoms with E-state index in [-0.39, 0.29) is 24.7 Å². The second-order valence-electron chi connectivity index (χ2n) is 7.28. The molecule has 32 heavy (non-hydrogen) atoms. The van der Waals surface area contributed by atoms with Crippen LogP contribution in [0, 0.1) is 0 Å². The Morgan fingerprint density at radius 1 is 0.969 bits per heavy atom. The topological polar surface area (TPSA) is 111 Å². The summed E-state index contributed by atoms with van der Waals surface area (Å²) >= 11 is 0. The average molecular weight is 443 g/mol. The van der Waals surface area contributed by atoms with E-state index in [1.54, 1.807) is 68.4 Å². The smallest absolute Gasteiger partial charge is 0.410 e.